The van der Waals surface area contributed by atoms with Gasteiger partial charge >= 0.3 is 5.97 Å². The number of hydrogen-bond donors (Lipinski definition) is 1. The molecular weight excluding hydrogens is 184 g/mol. The lowest BCUT2D eigenvalue weighted by Gasteiger charge is -2.38. The van der Waals surface area contributed by atoms with Crippen molar-refractivity contribution in [3.63, 3.8) is 0 Å². The van der Waals surface area contributed by atoms with Crippen LogP contribution in [0.25, 0.3) is 0 Å². The van der Waals surface area contributed by atoms with Gasteiger partial charge < -0.3 is 5.11 Å². The summed E-state index contributed by atoms with van der Waals surface area (Å²) in [6, 6.07) is 1.97. The van der Waals surface area contributed by atoms with E-state index in [0.29, 0.717) is 4.88 Å². The van der Waals surface area contributed by atoms with Gasteiger partial charge in [-0.1, -0.05) is 13.3 Å². The molecule has 13 heavy (non-hydrogen) atoms. The summed E-state index contributed by atoms with van der Waals surface area (Å²) in [6.07, 6.45) is 3.49. The fourth-order valence-electron chi connectivity index (χ4n) is 1.93. The lowest BCUT2D eigenvalue weighted by atomic mass is 9.66. The molecule has 1 heterocycles. The summed E-state index contributed by atoms with van der Waals surface area (Å²) in [4.78, 5) is 11.4. The molecule has 2 rings (SSSR count). The quantitative estimate of drug-likeness (QED) is 0.789. The zero-order valence-corrected chi connectivity index (χ0v) is 8.36. The topological polar surface area (TPSA) is 37.3 Å². The van der Waals surface area contributed by atoms with Crippen molar-refractivity contribution in [1.29, 1.82) is 0 Å². The molecule has 0 aliphatic heterocycles. The number of aromatic carboxylic acids is 1. The van der Waals surface area contributed by atoms with Crippen molar-refractivity contribution in [1.82, 2.24) is 0 Å². The Balaban J connectivity index is 2.39. The first-order chi connectivity index (χ1) is 6.13. The van der Waals surface area contributed by atoms with E-state index in [0.717, 1.165) is 18.4 Å². The predicted octanol–water partition coefficient (Wildman–Crippen LogP) is 2.89. The average molecular weight is 196 g/mol. The Kier molecular flexibility index (Phi) is 1.91. The van der Waals surface area contributed by atoms with Gasteiger partial charge in [-0.25, -0.2) is 4.79 Å². The number of carboxylic acid groups (broad SMARTS) is 1. The van der Waals surface area contributed by atoms with Crippen LogP contribution in [-0.4, -0.2) is 11.1 Å². The van der Waals surface area contributed by atoms with E-state index in [9.17, 15) is 4.79 Å². The minimum Gasteiger partial charge on any atom is -0.477 e. The molecule has 0 atom stereocenters. The number of hydrogen-bond acceptors (Lipinski definition) is 2. The first-order valence-corrected chi connectivity index (χ1v) is 5.33. The maximum atomic E-state index is 10.9. The molecular formula is C10H12O2S. The van der Waals surface area contributed by atoms with Gasteiger partial charge in [0, 0.05) is 0 Å². The van der Waals surface area contributed by atoms with Crippen molar-refractivity contribution in [3.8, 4) is 0 Å². The second-order valence-corrected chi connectivity index (χ2v) is 4.80. The van der Waals surface area contributed by atoms with Crippen LogP contribution in [0.5, 0.6) is 0 Å². The first-order valence-electron chi connectivity index (χ1n) is 4.45. The van der Waals surface area contributed by atoms with Crippen molar-refractivity contribution in [2.75, 3.05) is 0 Å². The van der Waals surface area contributed by atoms with Crippen LogP contribution < -0.4 is 0 Å². The summed E-state index contributed by atoms with van der Waals surface area (Å²) in [5.74, 6) is -0.780. The van der Waals surface area contributed by atoms with Crippen LogP contribution in [0.15, 0.2) is 11.4 Å². The summed E-state index contributed by atoms with van der Waals surface area (Å²) in [7, 11) is 0. The SMILES string of the molecule is CC1(c2ccsc2C(=O)O)CCC1. The van der Waals surface area contributed by atoms with Crippen molar-refractivity contribution in [2.24, 2.45) is 0 Å². The second-order valence-electron chi connectivity index (χ2n) is 3.88. The molecule has 1 saturated carbocycles. The molecule has 1 aromatic heterocycles. The van der Waals surface area contributed by atoms with Crippen LogP contribution in [0.3, 0.4) is 0 Å². The zero-order chi connectivity index (χ0) is 9.47. The zero-order valence-electron chi connectivity index (χ0n) is 7.54. The van der Waals surface area contributed by atoms with Crippen molar-refractivity contribution in [3.05, 3.63) is 21.9 Å². The van der Waals surface area contributed by atoms with E-state index in [-0.39, 0.29) is 5.41 Å². The second kappa shape index (κ2) is 2.84. The van der Waals surface area contributed by atoms with Gasteiger partial charge in [-0.2, -0.15) is 0 Å². The molecule has 1 N–H and O–H groups in total. The van der Waals surface area contributed by atoms with Gasteiger partial charge in [0.15, 0.2) is 0 Å². The van der Waals surface area contributed by atoms with Crippen LogP contribution in [-0.2, 0) is 5.41 Å². The molecule has 0 amide bonds. The van der Waals surface area contributed by atoms with Crippen LogP contribution in [0.1, 0.15) is 41.4 Å². The Morgan fingerprint density at radius 1 is 1.62 bits per heavy atom. The number of carbonyl (C=O) groups is 1. The highest BCUT2D eigenvalue weighted by atomic mass is 32.1. The van der Waals surface area contributed by atoms with Crippen molar-refractivity contribution < 1.29 is 9.90 Å². The van der Waals surface area contributed by atoms with Gasteiger partial charge in [0.1, 0.15) is 4.88 Å². The van der Waals surface area contributed by atoms with Crippen LogP contribution >= 0.6 is 11.3 Å². The third kappa shape index (κ3) is 1.27. The van der Waals surface area contributed by atoms with E-state index in [1.54, 1.807) is 0 Å². The average Bonchev–Trinajstić information content (AvgIpc) is 2.47. The van der Waals surface area contributed by atoms with Gasteiger partial charge in [0.25, 0.3) is 0 Å². The van der Waals surface area contributed by atoms with E-state index < -0.39 is 5.97 Å². The normalized spacial score (nSPS) is 19.5. The fraction of sp³-hybridized carbons (Fsp3) is 0.500. The smallest absolute Gasteiger partial charge is 0.346 e. The van der Waals surface area contributed by atoms with Gasteiger partial charge in [-0.15, -0.1) is 11.3 Å². The third-order valence-corrected chi connectivity index (χ3v) is 3.87. The van der Waals surface area contributed by atoms with E-state index in [4.69, 9.17) is 5.11 Å². The Morgan fingerprint density at radius 3 is 2.77 bits per heavy atom. The molecule has 1 aliphatic carbocycles. The molecule has 0 aromatic carbocycles. The first kappa shape index (κ1) is 8.75. The standard InChI is InChI=1S/C10H12O2S/c1-10(4-2-5-10)7-3-6-13-8(7)9(11)12/h3,6H,2,4-5H2,1H3,(H,11,12). The fourth-order valence-corrected chi connectivity index (χ4v) is 2.81. The summed E-state index contributed by atoms with van der Waals surface area (Å²) in [6.45, 7) is 2.16. The van der Waals surface area contributed by atoms with E-state index in [1.165, 1.54) is 17.8 Å². The largest absolute Gasteiger partial charge is 0.477 e. The highest BCUT2D eigenvalue weighted by molar-refractivity contribution is 7.12. The molecule has 0 spiro atoms. The minimum absolute atomic E-state index is 0.147. The van der Waals surface area contributed by atoms with E-state index >= 15 is 0 Å². The monoisotopic (exact) mass is 196 g/mol. The van der Waals surface area contributed by atoms with Gasteiger partial charge in [-0.3, -0.25) is 0 Å². The Hall–Kier alpha value is -0.830. The predicted molar refractivity (Wildman–Crippen MR) is 52.5 cm³/mol. The number of carboxylic acids is 1. The summed E-state index contributed by atoms with van der Waals surface area (Å²) >= 11 is 1.33. The van der Waals surface area contributed by atoms with Gasteiger partial charge in [0.2, 0.25) is 0 Å². The number of rotatable bonds is 2. The summed E-state index contributed by atoms with van der Waals surface area (Å²) in [5, 5.41) is 10.8. The molecule has 1 aromatic rings. The van der Waals surface area contributed by atoms with Gasteiger partial charge in [-0.05, 0) is 35.3 Å². The number of thiophene rings is 1. The molecule has 0 bridgehead atoms. The highest BCUT2D eigenvalue weighted by Crippen LogP contribution is 2.45. The molecule has 0 saturated heterocycles. The Morgan fingerprint density at radius 2 is 2.31 bits per heavy atom. The lowest BCUT2D eigenvalue weighted by molar-refractivity contribution is 0.0697. The molecule has 2 nitrogen and oxygen atoms in total. The van der Waals surface area contributed by atoms with Crippen LogP contribution in [0, 0.1) is 0 Å². The van der Waals surface area contributed by atoms with E-state index in [2.05, 4.69) is 6.92 Å². The molecule has 70 valence electrons. The lowest BCUT2D eigenvalue weighted by Crippen LogP contribution is -2.31. The maximum absolute atomic E-state index is 10.9. The molecule has 0 radical (unpaired) electrons. The van der Waals surface area contributed by atoms with Crippen molar-refractivity contribution in [2.45, 2.75) is 31.6 Å². The van der Waals surface area contributed by atoms with E-state index in [1.807, 2.05) is 11.4 Å². The van der Waals surface area contributed by atoms with Gasteiger partial charge in [0.05, 0.1) is 0 Å². The van der Waals surface area contributed by atoms with Crippen molar-refractivity contribution >= 4 is 17.3 Å². The Bertz CT molecular complexity index is 336. The van der Waals surface area contributed by atoms with Crippen LogP contribution in [0.4, 0.5) is 0 Å². The minimum atomic E-state index is -0.780. The summed E-state index contributed by atoms with van der Waals surface area (Å²) in [5.41, 5.74) is 1.18. The molecule has 0 unspecified atom stereocenters. The Labute approximate surface area is 81.2 Å². The van der Waals surface area contributed by atoms with Crippen LogP contribution in [0.2, 0.25) is 0 Å². The maximum Gasteiger partial charge on any atom is 0.346 e. The molecule has 1 aliphatic rings. The highest BCUT2D eigenvalue weighted by Gasteiger charge is 2.37. The third-order valence-electron chi connectivity index (χ3n) is 2.97. The molecule has 3 heteroatoms. The molecule has 1 fully saturated rings. The summed E-state index contributed by atoms with van der Waals surface area (Å²) < 4.78 is 0.